The molecule has 0 atom stereocenters. The summed E-state index contributed by atoms with van der Waals surface area (Å²) < 4.78 is 1.60. The maximum atomic E-state index is 12.2. The van der Waals surface area contributed by atoms with E-state index in [4.69, 9.17) is 0 Å². The van der Waals surface area contributed by atoms with E-state index in [1.54, 1.807) is 4.70 Å². The molecule has 0 unspecified atom stereocenters. The molecular weight excluding hydrogens is 725 g/mol. The van der Waals surface area contributed by atoms with Gasteiger partial charge >= 0.3 is 0 Å². The largest absolute Gasteiger partial charge is 0.493 e. The molecule has 0 bridgehead atoms. The second-order valence-electron chi connectivity index (χ2n) is 19.0. The number of hydrogen-bond donors (Lipinski definition) is 0. The highest BCUT2D eigenvalue weighted by molar-refractivity contribution is 5.82. The van der Waals surface area contributed by atoms with Gasteiger partial charge in [-0.2, -0.15) is 0 Å². The molecule has 60 heavy (non-hydrogen) atoms. The Labute approximate surface area is 373 Å². The number of aryl methyl sites for hydroxylation is 2. The van der Waals surface area contributed by atoms with E-state index in [0.717, 1.165) is 49.9 Å². The van der Waals surface area contributed by atoms with Gasteiger partial charge in [0.2, 0.25) is 11.4 Å². The van der Waals surface area contributed by atoms with Crippen LogP contribution < -0.4 is 0 Å². The summed E-state index contributed by atoms with van der Waals surface area (Å²) in [5, 5.41) is 0. The van der Waals surface area contributed by atoms with Gasteiger partial charge in [-0.05, 0) is 86.8 Å². The van der Waals surface area contributed by atoms with Crippen molar-refractivity contribution in [3.63, 3.8) is 0 Å². The van der Waals surface area contributed by atoms with E-state index in [2.05, 4.69) is 76.2 Å². The van der Waals surface area contributed by atoms with Gasteiger partial charge in [-0.15, -0.1) is 0 Å². The number of benzene rings is 2. The Balaban J connectivity index is 1.31. The van der Waals surface area contributed by atoms with E-state index in [1.807, 2.05) is 0 Å². The highest BCUT2D eigenvalue weighted by Gasteiger charge is 2.35. The van der Waals surface area contributed by atoms with Crippen molar-refractivity contribution in [2.24, 2.45) is 0 Å². The molecule has 2 nitrogen and oxygen atoms in total. The third kappa shape index (κ3) is 21.5. The van der Waals surface area contributed by atoms with Crippen molar-refractivity contribution >= 4 is 11.4 Å². The Hall–Kier alpha value is -2.48. The van der Waals surface area contributed by atoms with Gasteiger partial charge in [-0.1, -0.05) is 245 Å². The maximum Gasteiger partial charge on any atom is 0.211 e. The lowest BCUT2D eigenvalue weighted by molar-refractivity contribution is -0.345. The van der Waals surface area contributed by atoms with Crippen LogP contribution in [-0.2, 0) is 12.8 Å². The van der Waals surface area contributed by atoms with Crippen molar-refractivity contribution in [2.75, 3.05) is 0 Å². The molecule has 338 valence electrons. The summed E-state index contributed by atoms with van der Waals surface area (Å²) in [5.74, 6) is 0. The van der Waals surface area contributed by atoms with E-state index in [1.165, 1.54) is 239 Å². The molecule has 0 radical (unpaired) electrons. The molecule has 1 aliphatic rings. The van der Waals surface area contributed by atoms with Crippen LogP contribution in [0, 0.1) is 0 Å². The average Bonchev–Trinajstić information content (AvgIpc) is 3.55. The lowest BCUT2D eigenvalue weighted by Gasteiger charge is -2.11. The smallest absolute Gasteiger partial charge is 0.211 e. The number of nitrogens with zero attached hydrogens (tertiary/aromatic N) is 2. The lowest BCUT2D eigenvalue weighted by Crippen LogP contribution is -2.03. The van der Waals surface area contributed by atoms with E-state index in [-0.39, 0.29) is 0 Å². The van der Waals surface area contributed by atoms with Crippen molar-refractivity contribution in [1.82, 2.24) is 0 Å². The Bertz CT molecular complexity index is 1440. The average molecular weight is 821 g/mol. The molecule has 0 aromatic heterocycles. The number of rotatable bonds is 40. The Kier molecular flexibility index (Phi) is 30.3. The molecular formula is C58H96N2. The second-order valence-corrected chi connectivity index (χ2v) is 19.0. The van der Waals surface area contributed by atoms with Crippen LogP contribution in [0.3, 0.4) is 0 Å². The normalized spacial score (nSPS) is 13.1. The first-order chi connectivity index (χ1) is 29.6. The molecule has 2 aromatic carbocycles. The van der Waals surface area contributed by atoms with Crippen LogP contribution in [0.4, 0.5) is 0 Å². The number of allylic oxidation sites excluding steroid dienone is 2. The quantitative estimate of drug-likeness (QED) is 0.0473. The molecule has 0 spiro atoms. The summed E-state index contributed by atoms with van der Waals surface area (Å²) in [6.45, 7) is 9.14. The molecule has 0 fully saturated rings. The molecule has 2 heteroatoms. The molecule has 0 aliphatic carbocycles. The van der Waals surface area contributed by atoms with Gasteiger partial charge in [0.1, 0.15) is 0 Å². The predicted octanol–water partition coefficient (Wildman–Crippen LogP) is 20.1. The molecule has 3 rings (SSSR count). The summed E-state index contributed by atoms with van der Waals surface area (Å²) in [6.07, 6.45) is 51.4. The predicted molar refractivity (Wildman–Crippen MR) is 267 cm³/mol. The molecule has 0 saturated carbocycles. The first-order valence-corrected chi connectivity index (χ1v) is 26.8. The second kappa shape index (κ2) is 35.0. The van der Waals surface area contributed by atoms with Crippen LogP contribution >= 0.6 is 0 Å². The molecule has 0 saturated heterocycles. The zero-order chi connectivity index (χ0) is 42.7. The highest BCUT2D eigenvalue weighted by Crippen LogP contribution is 2.45. The van der Waals surface area contributed by atoms with Crippen molar-refractivity contribution in [2.45, 2.75) is 272 Å². The Morgan fingerprint density at radius 1 is 0.317 bits per heavy atom. The minimum atomic E-state index is 1.02. The van der Waals surface area contributed by atoms with Gasteiger partial charge in [0.15, 0.2) is 0 Å². The van der Waals surface area contributed by atoms with Gasteiger partial charge < -0.3 is 5.53 Å². The lowest BCUT2D eigenvalue weighted by atomic mass is 9.91. The van der Waals surface area contributed by atoms with E-state index >= 15 is 0 Å². The first kappa shape index (κ1) is 51.9. The summed E-state index contributed by atoms with van der Waals surface area (Å²) in [6, 6.07) is 18.1. The summed E-state index contributed by atoms with van der Waals surface area (Å²) in [7, 11) is 0. The summed E-state index contributed by atoms with van der Waals surface area (Å²) in [5.41, 5.74) is 22.1. The van der Waals surface area contributed by atoms with Gasteiger partial charge in [-0.3, -0.25) is 0 Å². The summed E-state index contributed by atoms with van der Waals surface area (Å²) in [4.78, 5) is 0. The topological polar surface area (TPSA) is 25.3 Å². The SMILES string of the molecule is CCCCCCCCCCCCCCCCCCCCCCCCCCCCCCC1=C(c2cccc(CCCC)c2)[N+](=[N-])C(c2cccc(CCCC)c2)=C1CCCC. The fourth-order valence-corrected chi connectivity index (χ4v) is 9.62. The third-order valence-electron chi connectivity index (χ3n) is 13.5. The number of hydrogen-bond acceptors (Lipinski definition) is 0. The van der Waals surface area contributed by atoms with Crippen LogP contribution in [0.2, 0.25) is 0 Å². The van der Waals surface area contributed by atoms with E-state index in [0.29, 0.717) is 0 Å². The van der Waals surface area contributed by atoms with Crippen LogP contribution in [0.1, 0.15) is 281 Å². The van der Waals surface area contributed by atoms with Gasteiger partial charge in [0.25, 0.3) is 0 Å². The minimum Gasteiger partial charge on any atom is -0.493 e. The zero-order valence-corrected chi connectivity index (χ0v) is 40.4. The first-order valence-electron chi connectivity index (χ1n) is 26.8. The van der Waals surface area contributed by atoms with Crippen molar-refractivity contribution in [3.8, 4) is 0 Å². The van der Waals surface area contributed by atoms with Gasteiger partial charge in [0.05, 0.1) is 0 Å². The van der Waals surface area contributed by atoms with Gasteiger partial charge in [0, 0.05) is 22.3 Å². The van der Waals surface area contributed by atoms with Crippen molar-refractivity contribution in [1.29, 1.82) is 0 Å². The Morgan fingerprint density at radius 2 is 0.583 bits per heavy atom. The zero-order valence-electron chi connectivity index (χ0n) is 40.4. The van der Waals surface area contributed by atoms with Crippen LogP contribution in [0.25, 0.3) is 16.9 Å². The molecule has 0 amide bonds. The minimum absolute atomic E-state index is 1.02. The van der Waals surface area contributed by atoms with Crippen molar-refractivity contribution in [3.05, 3.63) is 87.5 Å². The fourth-order valence-electron chi connectivity index (χ4n) is 9.62. The summed E-state index contributed by atoms with van der Waals surface area (Å²) >= 11 is 0. The van der Waals surface area contributed by atoms with Crippen LogP contribution in [-0.4, -0.2) is 4.70 Å². The highest BCUT2D eigenvalue weighted by atomic mass is 15.2. The van der Waals surface area contributed by atoms with Crippen LogP contribution in [0.5, 0.6) is 0 Å². The molecule has 2 aromatic rings. The molecule has 1 aliphatic heterocycles. The molecule has 0 N–H and O–H groups in total. The molecule has 1 heterocycles. The van der Waals surface area contributed by atoms with E-state index < -0.39 is 0 Å². The fraction of sp³-hybridized carbons (Fsp3) is 0.724. The third-order valence-corrected chi connectivity index (χ3v) is 13.5. The maximum absolute atomic E-state index is 12.2. The standard InChI is InChI=1S/C58H96N2/c1-5-9-13-14-15-16-17-18-19-20-21-22-23-24-25-26-27-28-29-30-31-32-33-34-35-36-37-38-48-56-55(47-12-8-4)57(53-45-39-43-51(49-53)41-10-6-2)60(59)58(56)54-46-40-44-52(50-54)42-11-7-3/h39-40,43-46,49-50H,5-38,41-42,47-48H2,1-4H3. The Morgan fingerprint density at radius 3 is 0.900 bits per heavy atom. The monoisotopic (exact) mass is 821 g/mol. The number of unbranched alkanes of at least 4 members (excludes halogenated alkanes) is 30. The van der Waals surface area contributed by atoms with Gasteiger partial charge in [-0.25, -0.2) is 4.70 Å². The van der Waals surface area contributed by atoms with E-state index in [9.17, 15) is 5.53 Å². The van der Waals surface area contributed by atoms with Crippen molar-refractivity contribution < 1.29 is 4.70 Å². The van der Waals surface area contributed by atoms with Crippen LogP contribution in [0.15, 0.2) is 59.7 Å².